The highest BCUT2D eigenvalue weighted by molar-refractivity contribution is 5.81. The van der Waals surface area contributed by atoms with Crippen LogP contribution in [0.4, 0.5) is 0 Å². The number of hydrogen-bond donors (Lipinski definition) is 1. The molecule has 1 N–H and O–H groups in total. The van der Waals surface area contributed by atoms with Crippen molar-refractivity contribution in [2.75, 3.05) is 32.8 Å². The van der Waals surface area contributed by atoms with Crippen molar-refractivity contribution in [3.05, 3.63) is 0 Å². The maximum Gasteiger partial charge on any atom is 0.253 e. The SMILES string of the molecule is O=C([C@H]1CNCCO1)N1CCCC1. The molecule has 4 heteroatoms. The van der Waals surface area contributed by atoms with Gasteiger partial charge in [-0.15, -0.1) is 0 Å². The van der Waals surface area contributed by atoms with Crippen LogP contribution in [0.2, 0.25) is 0 Å². The molecule has 0 aromatic heterocycles. The molecule has 2 aliphatic rings. The van der Waals surface area contributed by atoms with Crippen LogP contribution in [0.1, 0.15) is 12.8 Å². The molecule has 4 nitrogen and oxygen atoms in total. The van der Waals surface area contributed by atoms with Gasteiger partial charge in [0, 0.05) is 26.2 Å². The Bertz CT molecular complexity index is 184. The number of carbonyl (C=O) groups is 1. The Morgan fingerprint density at radius 3 is 2.77 bits per heavy atom. The molecule has 2 fully saturated rings. The Labute approximate surface area is 78.2 Å². The number of carbonyl (C=O) groups excluding carboxylic acids is 1. The lowest BCUT2D eigenvalue weighted by atomic mass is 10.2. The minimum atomic E-state index is -0.230. The van der Waals surface area contributed by atoms with E-state index in [9.17, 15) is 4.79 Å². The predicted octanol–water partition coefficient (Wildman–Crippen LogP) is -0.403. The molecule has 0 aromatic rings. The molecule has 1 amide bonds. The molecule has 0 unspecified atom stereocenters. The average molecular weight is 184 g/mol. The van der Waals surface area contributed by atoms with Gasteiger partial charge in [-0.1, -0.05) is 0 Å². The molecule has 0 aliphatic carbocycles. The normalized spacial score (nSPS) is 29.2. The summed E-state index contributed by atoms with van der Waals surface area (Å²) in [5.41, 5.74) is 0. The highest BCUT2D eigenvalue weighted by atomic mass is 16.5. The molecular formula is C9H16N2O2. The van der Waals surface area contributed by atoms with Crippen molar-refractivity contribution in [3.63, 3.8) is 0 Å². The van der Waals surface area contributed by atoms with Crippen molar-refractivity contribution in [2.45, 2.75) is 18.9 Å². The van der Waals surface area contributed by atoms with Crippen molar-refractivity contribution in [3.8, 4) is 0 Å². The zero-order valence-electron chi connectivity index (χ0n) is 7.79. The van der Waals surface area contributed by atoms with Crippen molar-refractivity contribution >= 4 is 5.91 Å². The molecule has 2 rings (SSSR count). The summed E-state index contributed by atoms with van der Waals surface area (Å²) in [4.78, 5) is 13.7. The Kier molecular flexibility index (Phi) is 2.80. The summed E-state index contributed by atoms with van der Waals surface area (Å²) in [6.07, 6.45) is 2.06. The van der Waals surface area contributed by atoms with Gasteiger partial charge >= 0.3 is 0 Å². The predicted molar refractivity (Wildman–Crippen MR) is 48.4 cm³/mol. The van der Waals surface area contributed by atoms with Gasteiger partial charge < -0.3 is 15.0 Å². The second-order valence-corrected chi connectivity index (χ2v) is 3.60. The fourth-order valence-corrected chi connectivity index (χ4v) is 1.87. The summed E-state index contributed by atoms with van der Waals surface area (Å²) in [7, 11) is 0. The summed E-state index contributed by atoms with van der Waals surface area (Å²) in [6, 6.07) is 0. The summed E-state index contributed by atoms with van der Waals surface area (Å²) < 4.78 is 5.40. The summed E-state index contributed by atoms with van der Waals surface area (Å²) >= 11 is 0. The van der Waals surface area contributed by atoms with E-state index in [4.69, 9.17) is 4.74 Å². The largest absolute Gasteiger partial charge is 0.366 e. The Balaban J connectivity index is 1.87. The number of nitrogens with one attached hydrogen (secondary N) is 1. The molecule has 0 spiro atoms. The van der Waals surface area contributed by atoms with E-state index in [0.29, 0.717) is 13.2 Å². The van der Waals surface area contributed by atoms with E-state index in [2.05, 4.69) is 5.32 Å². The fourth-order valence-electron chi connectivity index (χ4n) is 1.87. The van der Waals surface area contributed by atoms with Gasteiger partial charge in [0.1, 0.15) is 6.10 Å². The van der Waals surface area contributed by atoms with E-state index < -0.39 is 0 Å². The van der Waals surface area contributed by atoms with Gasteiger partial charge in [0.15, 0.2) is 0 Å². The fraction of sp³-hybridized carbons (Fsp3) is 0.889. The van der Waals surface area contributed by atoms with Crippen LogP contribution in [0, 0.1) is 0 Å². The molecule has 0 saturated carbocycles. The summed E-state index contributed by atoms with van der Waals surface area (Å²) in [5, 5.41) is 3.17. The Morgan fingerprint density at radius 1 is 1.38 bits per heavy atom. The lowest BCUT2D eigenvalue weighted by Crippen LogP contribution is -2.48. The first kappa shape index (κ1) is 8.97. The number of hydrogen-bond acceptors (Lipinski definition) is 3. The van der Waals surface area contributed by atoms with Gasteiger partial charge in [-0.2, -0.15) is 0 Å². The second kappa shape index (κ2) is 4.07. The number of morpholine rings is 1. The molecule has 13 heavy (non-hydrogen) atoms. The Morgan fingerprint density at radius 2 is 2.15 bits per heavy atom. The molecular weight excluding hydrogens is 168 g/mol. The van der Waals surface area contributed by atoms with Gasteiger partial charge in [-0.05, 0) is 12.8 Å². The molecule has 2 saturated heterocycles. The zero-order chi connectivity index (χ0) is 9.10. The van der Waals surface area contributed by atoms with E-state index in [1.807, 2.05) is 4.90 Å². The van der Waals surface area contributed by atoms with Gasteiger partial charge in [-0.25, -0.2) is 0 Å². The number of likely N-dealkylation sites (tertiary alicyclic amines) is 1. The minimum absolute atomic E-state index is 0.171. The highest BCUT2D eigenvalue weighted by Gasteiger charge is 2.28. The molecule has 2 heterocycles. The van der Waals surface area contributed by atoms with E-state index in [1.54, 1.807) is 0 Å². The molecule has 0 radical (unpaired) electrons. The smallest absolute Gasteiger partial charge is 0.253 e. The van der Waals surface area contributed by atoms with Crippen LogP contribution in [0.5, 0.6) is 0 Å². The van der Waals surface area contributed by atoms with Gasteiger partial charge in [0.05, 0.1) is 6.61 Å². The number of ether oxygens (including phenoxy) is 1. The van der Waals surface area contributed by atoms with Crippen LogP contribution in [0.15, 0.2) is 0 Å². The third-order valence-electron chi connectivity index (χ3n) is 2.62. The number of rotatable bonds is 1. The standard InChI is InChI=1S/C9H16N2O2/c12-9(11-4-1-2-5-11)8-7-10-3-6-13-8/h8,10H,1-7H2/t8-/m1/s1. The lowest BCUT2D eigenvalue weighted by Gasteiger charge is -2.26. The van der Waals surface area contributed by atoms with Crippen molar-refractivity contribution in [1.82, 2.24) is 10.2 Å². The third kappa shape index (κ3) is 2.00. The lowest BCUT2D eigenvalue weighted by molar-refractivity contribution is -0.144. The number of amides is 1. The van der Waals surface area contributed by atoms with Gasteiger partial charge in [0.2, 0.25) is 0 Å². The monoisotopic (exact) mass is 184 g/mol. The van der Waals surface area contributed by atoms with E-state index in [1.165, 1.54) is 0 Å². The quantitative estimate of drug-likeness (QED) is 0.603. The van der Waals surface area contributed by atoms with Crippen molar-refractivity contribution in [1.29, 1.82) is 0 Å². The van der Waals surface area contributed by atoms with Crippen LogP contribution >= 0.6 is 0 Å². The molecule has 1 atom stereocenters. The maximum atomic E-state index is 11.8. The maximum absolute atomic E-state index is 11.8. The molecule has 0 bridgehead atoms. The first-order valence-electron chi connectivity index (χ1n) is 4.99. The van der Waals surface area contributed by atoms with Crippen LogP contribution in [-0.2, 0) is 9.53 Å². The van der Waals surface area contributed by atoms with E-state index >= 15 is 0 Å². The van der Waals surface area contributed by atoms with E-state index in [-0.39, 0.29) is 12.0 Å². The first-order chi connectivity index (χ1) is 6.38. The van der Waals surface area contributed by atoms with Crippen LogP contribution < -0.4 is 5.32 Å². The minimum Gasteiger partial charge on any atom is -0.366 e. The summed E-state index contributed by atoms with van der Waals surface area (Å²) in [6.45, 7) is 4.03. The highest BCUT2D eigenvalue weighted by Crippen LogP contribution is 2.11. The van der Waals surface area contributed by atoms with Gasteiger partial charge in [-0.3, -0.25) is 4.79 Å². The van der Waals surface area contributed by atoms with Crippen LogP contribution in [0.3, 0.4) is 0 Å². The first-order valence-corrected chi connectivity index (χ1v) is 4.99. The zero-order valence-corrected chi connectivity index (χ0v) is 7.79. The van der Waals surface area contributed by atoms with Crippen molar-refractivity contribution < 1.29 is 9.53 Å². The van der Waals surface area contributed by atoms with Crippen LogP contribution in [0.25, 0.3) is 0 Å². The van der Waals surface area contributed by atoms with Crippen LogP contribution in [-0.4, -0.2) is 49.7 Å². The molecule has 2 aliphatic heterocycles. The van der Waals surface area contributed by atoms with E-state index in [0.717, 1.165) is 32.5 Å². The average Bonchev–Trinajstić information content (AvgIpc) is 2.71. The summed E-state index contributed by atoms with van der Waals surface area (Å²) in [5.74, 6) is 0.171. The second-order valence-electron chi connectivity index (χ2n) is 3.60. The Hall–Kier alpha value is -0.610. The topological polar surface area (TPSA) is 41.6 Å². The molecule has 74 valence electrons. The third-order valence-corrected chi connectivity index (χ3v) is 2.62. The van der Waals surface area contributed by atoms with Gasteiger partial charge in [0.25, 0.3) is 5.91 Å². The van der Waals surface area contributed by atoms with Crippen molar-refractivity contribution in [2.24, 2.45) is 0 Å². The molecule has 0 aromatic carbocycles. The number of nitrogens with zero attached hydrogens (tertiary/aromatic N) is 1.